The summed E-state index contributed by atoms with van der Waals surface area (Å²) in [7, 11) is 0. The summed E-state index contributed by atoms with van der Waals surface area (Å²) < 4.78 is 0. The lowest BCUT2D eigenvalue weighted by atomic mass is 10.2. The Labute approximate surface area is 145 Å². The molecule has 1 heterocycles. The molecule has 0 saturated carbocycles. The second-order valence-corrected chi connectivity index (χ2v) is 6.46. The molecule has 1 atom stereocenters. The number of quaternary nitrogens is 1. The van der Waals surface area contributed by atoms with Gasteiger partial charge in [-0.25, -0.2) is 4.79 Å². The third-order valence-corrected chi connectivity index (χ3v) is 4.64. The second-order valence-electron chi connectivity index (χ2n) is 5.64. The lowest BCUT2D eigenvalue weighted by Gasteiger charge is -2.16. The molecule has 1 saturated heterocycles. The van der Waals surface area contributed by atoms with Gasteiger partial charge in [-0.2, -0.15) is 0 Å². The van der Waals surface area contributed by atoms with Crippen LogP contribution in [0.3, 0.4) is 0 Å². The summed E-state index contributed by atoms with van der Waals surface area (Å²) in [6.07, 6.45) is 0. The van der Waals surface area contributed by atoms with E-state index in [0.29, 0.717) is 22.4 Å². The Morgan fingerprint density at radius 2 is 1.91 bits per heavy atom. The Bertz CT molecular complexity index is 693. The molecule has 0 spiro atoms. The standard InChI is InChI=1S/C17H17Cl2N3O/c18-15-7-6-14(10-16(15)19)20-17(23)22-9-8-21(12-22)11-13-4-2-1-3-5-13/h1-7,10H,8-9,11-12H2,(H,20,23)/p+1. The van der Waals surface area contributed by atoms with Crippen LogP contribution in [0.4, 0.5) is 10.5 Å². The molecule has 4 nitrogen and oxygen atoms in total. The van der Waals surface area contributed by atoms with E-state index in [0.717, 1.165) is 19.6 Å². The zero-order valence-corrected chi connectivity index (χ0v) is 14.1. The van der Waals surface area contributed by atoms with Crippen molar-refractivity contribution in [2.45, 2.75) is 6.54 Å². The van der Waals surface area contributed by atoms with Gasteiger partial charge < -0.3 is 10.2 Å². The van der Waals surface area contributed by atoms with E-state index in [1.165, 1.54) is 10.5 Å². The number of halogens is 2. The number of hydrogen-bond donors (Lipinski definition) is 2. The summed E-state index contributed by atoms with van der Waals surface area (Å²) in [6, 6.07) is 15.3. The van der Waals surface area contributed by atoms with Crippen molar-refractivity contribution in [2.24, 2.45) is 0 Å². The van der Waals surface area contributed by atoms with Gasteiger partial charge in [-0.1, -0.05) is 53.5 Å². The largest absolute Gasteiger partial charge is 0.326 e. The Kier molecular flexibility index (Phi) is 5.06. The smallest absolute Gasteiger partial charge is 0.313 e. The minimum absolute atomic E-state index is 0.105. The van der Waals surface area contributed by atoms with E-state index in [1.807, 2.05) is 23.1 Å². The molecule has 1 unspecified atom stereocenters. The van der Waals surface area contributed by atoms with Crippen LogP contribution in [0.5, 0.6) is 0 Å². The molecule has 23 heavy (non-hydrogen) atoms. The quantitative estimate of drug-likeness (QED) is 0.877. The van der Waals surface area contributed by atoms with Crippen molar-refractivity contribution >= 4 is 34.9 Å². The van der Waals surface area contributed by atoms with Gasteiger partial charge in [0.2, 0.25) is 0 Å². The fraction of sp³-hybridized carbons (Fsp3) is 0.235. The maximum Gasteiger partial charge on any atom is 0.326 e. The number of amides is 2. The van der Waals surface area contributed by atoms with Gasteiger partial charge in [-0.3, -0.25) is 4.90 Å². The van der Waals surface area contributed by atoms with Crippen LogP contribution < -0.4 is 10.2 Å². The van der Waals surface area contributed by atoms with E-state index in [1.54, 1.807) is 18.2 Å². The normalized spacial score (nSPS) is 17.3. The molecular formula is C17H18Cl2N3O+. The lowest BCUT2D eigenvalue weighted by molar-refractivity contribution is -0.905. The molecular weight excluding hydrogens is 333 g/mol. The van der Waals surface area contributed by atoms with Crippen molar-refractivity contribution in [1.82, 2.24) is 4.90 Å². The Balaban J connectivity index is 1.56. The first-order valence-electron chi connectivity index (χ1n) is 7.50. The lowest BCUT2D eigenvalue weighted by Crippen LogP contribution is -3.09. The molecule has 0 radical (unpaired) electrons. The number of anilines is 1. The Hall–Kier alpha value is -1.75. The number of benzene rings is 2. The maximum atomic E-state index is 12.3. The molecule has 2 aromatic rings. The monoisotopic (exact) mass is 350 g/mol. The molecule has 0 aliphatic carbocycles. The highest BCUT2D eigenvalue weighted by atomic mass is 35.5. The summed E-state index contributed by atoms with van der Waals surface area (Å²) >= 11 is 11.9. The predicted octanol–water partition coefficient (Wildman–Crippen LogP) is 2.88. The van der Waals surface area contributed by atoms with E-state index in [4.69, 9.17) is 23.2 Å². The van der Waals surface area contributed by atoms with E-state index < -0.39 is 0 Å². The number of carbonyl (C=O) groups excluding carboxylic acids is 1. The van der Waals surface area contributed by atoms with Crippen molar-refractivity contribution in [1.29, 1.82) is 0 Å². The fourth-order valence-corrected chi connectivity index (χ4v) is 3.00. The van der Waals surface area contributed by atoms with Crippen LogP contribution >= 0.6 is 23.2 Å². The molecule has 1 aliphatic heterocycles. The minimum atomic E-state index is -0.105. The molecule has 3 rings (SSSR count). The van der Waals surface area contributed by atoms with Gasteiger partial charge in [0, 0.05) is 11.3 Å². The molecule has 2 N–H and O–H groups in total. The molecule has 0 aromatic heterocycles. The number of carbonyl (C=O) groups is 1. The van der Waals surface area contributed by atoms with Crippen molar-refractivity contribution in [3.63, 3.8) is 0 Å². The van der Waals surface area contributed by atoms with Crippen LogP contribution in [0, 0.1) is 0 Å². The first kappa shape index (κ1) is 16.1. The summed E-state index contributed by atoms with van der Waals surface area (Å²) in [5, 5.41) is 3.78. The SMILES string of the molecule is O=C(Nc1ccc(Cl)c(Cl)c1)N1CC[NH+](Cc2ccccc2)C1. The van der Waals surface area contributed by atoms with E-state index in [-0.39, 0.29) is 6.03 Å². The Morgan fingerprint density at radius 3 is 2.65 bits per heavy atom. The molecule has 1 aliphatic rings. The minimum Gasteiger partial charge on any atom is -0.313 e. The van der Waals surface area contributed by atoms with Crippen molar-refractivity contribution in [3.05, 3.63) is 64.1 Å². The van der Waals surface area contributed by atoms with Gasteiger partial charge in [0.1, 0.15) is 6.54 Å². The fourth-order valence-electron chi connectivity index (χ4n) is 2.70. The average molecular weight is 351 g/mol. The molecule has 0 bridgehead atoms. The third-order valence-electron chi connectivity index (χ3n) is 3.90. The van der Waals surface area contributed by atoms with Crippen molar-refractivity contribution < 1.29 is 9.69 Å². The average Bonchev–Trinajstić information content (AvgIpc) is 3.00. The number of rotatable bonds is 3. The van der Waals surface area contributed by atoms with Gasteiger partial charge in [0.25, 0.3) is 0 Å². The predicted molar refractivity (Wildman–Crippen MR) is 93.0 cm³/mol. The summed E-state index contributed by atoms with van der Waals surface area (Å²) in [5.41, 5.74) is 1.94. The molecule has 1 fully saturated rings. The highest BCUT2D eigenvalue weighted by molar-refractivity contribution is 6.42. The molecule has 2 amide bonds. The zero-order valence-electron chi connectivity index (χ0n) is 12.6. The number of urea groups is 1. The second kappa shape index (κ2) is 7.21. The third kappa shape index (κ3) is 4.16. The van der Waals surface area contributed by atoms with Crippen LogP contribution in [0.1, 0.15) is 5.56 Å². The van der Waals surface area contributed by atoms with Gasteiger partial charge in [-0.15, -0.1) is 0 Å². The van der Waals surface area contributed by atoms with Crippen molar-refractivity contribution in [3.8, 4) is 0 Å². The number of nitrogens with one attached hydrogen (secondary N) is 2. The highest BCUT2D eigenvalue weighted by Gasteiger charge is 2.27. The van der Waals surface area contributed by atoms with E-state index in [2.05, 4.69) is 17.4 Å². The summed E-state index contributed by atoms with van der Waals surface area (Å²) in [5.74, 6) is 0. The van der Waals surface area contributed by atoms with E-state index >= 15 is 0 Å². The summed E-state index contributed by atoms with van der Waals surface area (Å²) in [4.78, 5) is 15.5. The number of nitrogens with zero attached hydrogens (tertiary/aromatic N) is 1. The van der Waals surface area contributed by atoms with Crippen LogP contribution in [0.25, 0.3) is 0 Å². The molecule has 2 aromatic carbocycles. The van der Waals surface area contributed by atoms with Crippen molar-refractivity contribution in [2.75, 3.05) is 25.1 Å². The van der Waals surface area contributed by atoms with Gasteiger partial charge in [-0.05, 0) is 18.2 Å². The van der Waals surface area contributed by atoms with Crippen LogP contribution in [0.15, 0.2) is 48.5 Å². The van der Waals surface area contributed by atoms with E-state index in [9.17, 15) is 4.79 Å². The molecule has 6 heteroatoms. The first-order valence-corrected chi connectivity index (χ1v) is 8.26. The number of hydrogen-bond acceptors (Lipinski definition) is 1. The molecule has 120 valence electrons. The van der Waals surface area contributed by atoms with Gasteiger partial charge in [0.15, 0.2) is 6.67 Å². The van der Waals surface area contributed by atoms with Crippen LogP contribution in [-0.2, 0) is 6.54 Å². The zero-order chi connectivity index (χ0) is 16.2. The maximum absolute atomic E-state index is 12.3. The topological polar surface area (TPSA) is 36.8 Å². The Morgan fingerprint density at radius 1 is 1.13 bits per heavy atom. The first-order chi connectivity index (χ1) is 11.1. The summed E-state index contributed by atoms with van der Waals surface area (Å²) in [6.45, 7) is 3.32. The van der Waals surface area contributed by atoms with Gasteiger partial charge in [0.05, 0.1) is 23.1 Å². The highest BCUT2D eigenvalue weighted by Crippen LogP contribution is 2.25. The van der Waals surface area contributed by atoms with Crippen LogP contribution in [0.2, 0.25) is 10.0 Å². The van der Waals surface area contributed by atoms with Crippen LogP contribution in [-0.4, -0.2) is 30.7 Å². The van der Waals surface area contributed by atoms with Gasteiger partial charge >= 0.3 is 6.03 Å².